The fourth-order valence-corrected chi connectivity index (χ4v) is 1.98. The van der Waals surface area contributed by atoms with E-state index < -0.39 is 0 Å². The molecule has 0 aromatic carbocycles. The lowest BCUT2D eigenvalue weighted by atomic mass is 10.2. The molecule has 2 rings (SSSR count). The molecule has 5 nitrogen and oxygen atoms in total. The van der Waals surface area contributed by atoms with Gasteiger partial charge in [0.25, 0.3) is 5.91 Å². The fraction of sp³-hybridized carbons (Fsp3) is 0.250. The van der Waals surface area contributed by atoms with Gasteiger partial charge in [-0.3, -0.25) is 14.8 Å². The summed E-state index contributed by atoms with van der Waals surface area (Å²) >= 11 is 1.52. The van der Waals surface area contributed by atoms with Crippen molar-refractivity contribution in [1.29, 1.82) is 0 Å². The predicted octanol–water partition coefficient (Wildman–Crippen LogP) is 1.58. The van der Waals surface area contributed by atoms with E-state index in [1.54, 1.807) is 31.1 Å². The van der Waals surface area contributed by atoms with Crippen LogP contribution in [0.1, 0.15) is 10.4 Å². The molecule has 94 valence electrons. The summed E-state index contributed by atoms with van der Waals surface area (Å²) in [6, 6.07) is 3.57. The number of carbonyl (C=O) groups is 1. The van der Waals surface area contributed by atoms with Crippen LogP contribution < -0.4 is 5.32 Å². The maximum absolute atomic E-state index is 11.7. The van der Waals surface area contributed by atoms with Crippen LogP contribution in [0, 0.1) is 0 Å². The molecule has 0 aliphatic carbocycles. The number of thiazole rings is 1. The average Bonchev–Trinajstić information content (AvgIpc) is 2.93. The highest BCUT2D eigenvalue weighted by Gasteiger charge is 2.06. The van der Waals surface area contributed by atoms with Crippen LogP contribution in [0.5, 0.6) is 0 Å². The minimum atomic E-state index is -0.143. The largest absolute Gasteiger partial charge is 0.383 e. The lowest BCUT2D eigenvalue weighted by Crippen LogP contribution is -2.26. The van der Waals surface area contributed by atoms with Gasteiger partial charge in [-0.1, -0.05) is 0 Å². The summed E-state index contributed by atoms with van der Waals surface area (Å²) in [4.78, 5) is 20.9. The maximum atomic E-state index is 11.7. The van der Waals surface area contributed by atoms with Gasteiger partial charge in [0.05, 0.1) is 28.3 Å². The second-order valence-electron chi connectivity index (χ2n) is 3.55. The summed E-state index contributed by atoms with van der Waals surface area (Å²) in [5, 5.41) is 2.74. The molecule has 1 N–H and O–H groups in total. The highest BCUT2D eigenvalue weighted by molar-refractivity contribution is 7.13. The average molecular weight is 263 g/mol. The normalized spacial score (nSPS) is 10.3. The molecule has 0 radical (unpaired) electrons. The third-order valence-corrected chi connectivity index (χ3v) is 3.10. The maximum Gasteiger partial charge on any atom is 0.252 e. The summed E-state index contributed by atoms with van der Waals surface area (Å²) < 4.78 is 4.86. The number of nitrogens with one attached hydrogen (secondary N) is 1. The SMILES string of the molecule is COCCNC(=O)c1ccc(-c2cncs2)nc1. The molecular formula is C12H13N3O2S. The van der Waals surface area contributed by atoms with Crippen molar-refractivity contribution >= 4 is 17.2 Å². The lowest BCUT2D eigenvalue weighted by Gasteiger charge is -2.04. The minimum absolute atomic E-state index is 0.143. The topological polar surface area (TPSA) is 64.1 Å². The third kappa shape index (κ3) is 3.12. The number of rotatable bonds is 5. The summed E-state index contributed by atoms with van der Waals surface area (Å²) in [7, 11) is 1.59. The van der Waals surface area contributed by atoms with Crippen molar-refractivity contribution in [3.05, 3.63) is 35.6 Å². The van der Waals surface area contributed by atoms with E-state index in [0.717, 1.165) is 10.6 Å². The molecule has 0 spiro atoms. The highest BCUT2D eigenvalue weighted by Crippen LogP contribution is 2.20. The second kappa shape index (κ2) is 6.23. The first-order chi connectivity index (χ1) is 8.81. The number of hydrogen-bond donors (Lipinski definition) is 1. The van der Waals surface area contributed by atoms with Crippen molar-refractivity contribution in [2.45, 2.75) is 0 Å². The van der Waals surface area contributed by atoms with Crippen LogP contribution in [-0.2, 0) is 4.74 Å². The molecule has 0 saturated heterocycles. The first-order valence-corrected chi connectivity index (χ1v) is 6.31. The Labute approximate surface area is 109 Å². The minimum Gasteiger partial charge on any atom is -0.383 e. The molecule has 0 aliphatic heterocycles. The Bertz CT molecular complexity index is 497. The van der Waals surface area contributed by atoms with Gasteiger partial charge in [-0.25, -0.2) is 0 Å². The summed E-state index contributed by atoms with van der Waals surface area (Å²) in [6.45, 7) is 0.990. The van der Waals surface area contributed by atoms with Gasteiger partial charge in [0.2, 0.25) is 0 Å². The van der Waals surface area contributed by atoms with Crippen LogP contribution in [0.4, 0.5) is 0 Å². The number of nitrogens with zero attached hydrogens (tertiary/aromatic N) is 2. The molecule has 0 fully saturated rings. The monoisotopic (exact) mass is 263 g/mol. The quantitative estimate of drug-likeness (QED) is 0.832. The molecule has 0 bridgehead atoms. The highest BCUT2D eigenvalue weighted by atomic mass is 32.1. The van der Waals surface area contributed by atoms with Crippen molar-refractivity contribution in [3.8, 4) is 10.6 Å². The van der Waals surface area contributed by atoms with Gasteiger partial charge in [0, 0.05) is 26.0 Å². The smallest absolute Gasteiger partial charge is 0.252 e. The van der Waals surface area contributed by atoms with E-state index in [1.165, 1.54) is 11.3 Å². The van der Waals surface area contributed by atoms with Gasteiger partial charge < -0.3 is 10.1 Å². The molecule has 1 amide bonds. The van der Waals surface area contributed by atoms with Crippen LogP contribution in [0.3, 0.4) is 0 Å². The Morgan fingerprint density at radius 2 is 2.33 bits per heavy atom. The van der Waals surface area contributed by atoms with E-state index in [4.69, 9.17) is 4.74 Å². The number of hydrogen-bond acceptors (Lipinski definition) is 5. The Morgan fingerprint density at radius 1 is 1.44 bits per heavy atom. The van der Waals surface area contributed by atoms with Crippen LogP contribution in [0.15, 0.2) is 30.0 Å². The van der Waals surface area contributed by atoms with Crippen LogP contribution in [0.2, 0.25) is 0 Å². The summed E-state index contributed by atoms with van der Waals surface area (Å²) in [5.74, 6) is -0.143. The predicted molar refractivity (Wildman–Crippen MR) is 69.6 cm³/mol. The van der Waals surface area contributed by atoms with E-state index in [0.29, 0.717) is 18.7 Å². The number of amides is 1. The van der Waals surface area contributed by atoms with Gasteiger partial charge >= 0.3 is 0 Å². The zero-order valence-electron chi connectivity index (χ0n) is 9.92. The van der Waals surface area contributed by atoms with Crippen molar-refractivity contribution in [2.24, 2.45) is 0 Å². The molecular weight excluding hydrogens is 250 g/mol. The third-order valence-electron chi connectivity index (χ3n) is 2.30. The molecule has 2 heterocycles. The Balaban J connectivity index is 2.01. The molecule has 2 aromatic heterocycles. The van der Waals surface area contributed by atoms with E-state index >= 15 is 0 Å². The van der Waals surface area contributed by atoms with Crippen LogP contribution >= 0.6 is 11.3 Å². The van der Waals surface area contributed by atoms with Gasteiger partial charge in [0.15, 0.2) is 0 Å². The van der Waals surface area contributed by atoms with Crippen molar-refractivity contribution in [3.63, 3.8) is 0 Å². The molecule has 0 saturated carbocycles. The van der Waals surface area contributed by atoms with Crippen molar-refractivity contribution in [1.82, 2.24) is 15.3 Å². The van der Waals surface area contributed by atoms with Crippen molar-refractivity contribution < 1.29 is 9.53 Å². The number of aromatic nitrogens is 2. The molecule has 0 atom stereocenters. The first kappa shape index (κ1) is 12.7. The molecule has 18 heavy (non-hydrogen) atoms. The molecule has 6 heteroatoms. The van der Waals surface area contributed by atoms with Gasteiger partial charge in [-0.2, -0.15) is 0 Å². The van der Waals surface area contributed by atoms with Crippen molar-refractivity contribution in [2.75, 3.05) is 20.3 Å². The first-order valence-electron chi connectivity index (χ1n) is 5.43. The molecule has 0 aliphatic rings. The zero-order chi connectivity index (χ0) is 12.8. The van der Waals surface area contributed by atoms with E-state index in [1.807, 2.05) is 6.07 Å². The number of methoxy groups -OCH3 is 1. The van der Waals surface area contributed by atoms with E-state index in [2.05, 4.69) is 15.3 Å². The van der Waals surface area contributed by atoms with Gasteiger partial charge in [0.1, 0.15) is 0 Å². The van der Waals surface area contributed by atoms with Gasteiger partial charge in [-0.15, -0.1) is 11.3 Å². The molecule has 2 aromatic rings. The Morgan fingerprint density at radius 3 is 2.94 bits per heavy atom. The van der Waals surface area contributed by atoms with E-state index in [9.17, 15) is 4.79 Å². The fourth-order valence-electron chi connectivity index (χ4n) is 1.38. The standard InChI is InChI=1S/C12H13N3O2S/c1-17-5-4-14-12(16)9-2-3-10(15-6-9)11-7-13-8-18-11/h2-3,6-8H,4-5H2,1H3,(H,14,16). The molecule has 0 unspecified atom stereocenters. The van der Waals surface area contributed by atoms with Crippen LogP contribution in [0.25, 0.3) is 10.6 Å². The number of carbonyl (C=O) groups excluding carboxylic acids is 1. The second-order valence-corrected chi connectivity index (χ2v) is 4.43. The van der Waals surface area contributed by atoms with Crippen LogP contribution in [-0.4, -0.2) is 36.1 Å². The zero-order valence-corrected chi connectivity index (χ0v) is 10.7. The number of pyridine rings is 1. The van der Waals surface area contributed by atoms with Gasteiger partial charge in [-0.05, 0) is 12.1 Å². The lowest BCUT2D eigenvalue weighted by molar-refractivity contribution is 0.0937. The Kier molecular flexibility index (Phi) is 4.38. The summed E-state index contributed by atoms with van der Waals surface area (Å²) in [5.41, 5.74) is 3.12. The summed E-state index contributed by atoms with van der Waals surface area (Å²) in [6.07, 6.45) is 3.32. The Hall–Kier alpha value is -1.79. The van der Waals surface area contributed by atoms with E-state index in [-0.39, 0.29) is 5.91 Å². The number of ether oxygens (including phenoxy) is 1.